The lowest BCUT2D eigenvalue weighted by atomic mass is 9.93. The molecule has 0 radical (unpaired) electrons. The third-order valence-electron chi connectivity index (χ3n) is 4.49. The van der Waals surface area contributed by atoms with E-state index in [2.05, 4.69) is 37.0 Å². The van der Waals surface area contributed by atoms with Gasteiger partial charge in [0.1, 0.15) is 5.65 Å². The van der Waals surface area contributed by atoms with Crippen LogP contribution in [-0.4, -0.2) is 31.8 Å². The molecule has 112 valence electrons. The molecule has 2 aliphatic carbocycles. The second-order valence-electron chi connectivity index (χ2n) is 6.20. The first kappa shape index (κ1) is 13.5. The molecule has 2 aromatic heterocycles. The van der Waals surface area contributed by atoms with Crippen LogP contribution in [0.1, 0.15) is 44.6 Å². The zero-order valence-corrected chi connectivity index (χ0v) is 13.4. The summed E-state index contributed by atoms with van der Waals surface area (Å²) in [7, 11) is 0. The number of hydrogen-bond acceptors (Lipinski definition) is 4. The Morgan fingerprint density at radius 2 is 1.95 bits per heavy atom. The summed E-state index contributed by atoms with van der Waals surface area (Å²) >= 11 is 3.61. The number of halogens is 1. The Labute approximate surface area is 131 Å². The molecule has 0 amide bonds. The van der Waals surface area contributed by atoms with E-state index in [1.54, 1.807) is 0 Å². The van der Waals surface area contributed by atoms with Crippen LogP contribution in [0.15, 0.2) is 16.9 Å². The Morgan fingerprint density at radius 3 is 2.67 bits per heavy atom. The molecule has 5 nitrogen and oxygen atoms in total. The Bertz CT molecular complexity index is 659. The van der Waals surface area contributed by atoms with Gasteiger partial charge in [-0.1, -0.05) is 0 Å². The molecule has 0 aromatic carbocycles. The Balaban J connectivity index is 1.69. The van der Waals surface area contributed by atoms with Crippen LogP contribution in [0.3, 0.4) is 0 Å². The lowest BCUT2D eigenvalue weighted by molar-refractivity contribution is 0.111. The molecule has 2 saturated carbocycles. The van der Waals surface area contributed by atoms with Crippen LogP contribution in [0, 0.1) is 0 Å². The summed E-state index contributed by atoms with van der Waals surface area (Å²) in [6.45, 7) is 0. The van der Waals surface area contributed by atoms with Crippen molar-refractivity contribution in [3.8, 4) is 0 Å². The fourth-order valence-corrected chi connectivity index (χ4v) is 3.59. The molecule has 4 rings (SSSR count). The second-order valence-corrected chi connectivity index (χ2v) is 7.05. The molecule has 2 aromatic rings. The standard InChI is InChI=1S/C15H19BrN4O/c16-13-8-20(10-3-5-11(21)6-4-10)14-12(13)7-17-15(19-14)18-9-1-2-9/h7-11,21H,1-6H2,(H,17,18,19). The molecule has 2 heterocycles. The van der Waals surface area contributed by atoms with Gasteiger partial charge in [-0.15, -0.1) is 0 Å². The highest BCUT2D eigenvalue weighted by Crippen LogP contribution is 2.35. The summed E-state index contributed by atoms with van der Waals surface area (Å²) in [6, 6.07) is 0.977. The smallest absolute Gasteiger partial charge is 0.224 e. The minimum Gasteiger partial charge on any atom is -0.393 e. The van der Waals surface area contributed by atoms with Crippen LogP contribution in [0.2, 0.25) is 0 Å². The predicted octanol–water partition coefficient (Wildman–Crippen LogP) is 3.24. The summed E-state index contributed by atoms with van der Waals surface area (Å²) in [6.07, 6.45) is 10.1. The molecule has 0 aliphatic heterocycles. The van der Waals surface area contributed by atoms with Crippen molar-refractivity contribution in [2.45, 2.75) is 56.7 Å². The number of aromatic nitrogens is 3. The van der Waals surface area contributed by atoms with Crippen molar-refractivity contribution in [1.82, 2.24) is 14.5 Å². The van der Waals surface area contributed by atoms with Gasteiger partial charge in [0.2, 0.25) is 5.95 Å². The summed E-state index contributed by atoms with van der Waals surface area (Å²) < 4.78 is 3.30. The van der Waals surface area contributed by atoms with E-state index in [1.165, 1.54) is 12.8 Å². The Morgan fingerprint density at radius 1 is 1.19 bits per heavy atom. The molecule has 0 saturated heterocycles. The SMILES string of the molecule is OC1CCC(n2cc(Br)c3cnc(NC4CC4)nc32)CC1. The fourth-order valence-electron chi connectivity index (χ4n) is 3.09. The molecule has 2 N–H and O–H groups in total. The van der Waals surface area contributed by atoms with Crippen molar-refractivity contribution < 1.29 is 5.11 Å². The lowest BCUT2D eigenvalue weighted by Crippen LogP contribution is -2.21. The zero-order valence-electron chi connectivity index (χ0n) is 11.8. The maximum Gasteiger partial charge on any atom is 0.224 e. The minimum absolute atomic E-state index is 0.131. The van der Waals surface area contributed by atoms with Crippen LogP contribution in [-0.2, 0) is 0 Å². The predicted molar refractivity (Wildman–Crippen MR) is 85.4 cm³/mol. The van der Waals surface area contributed by atoms with Crippen molar-refractivity contribution in [2.24, 2.45) is 0 Å². The highest BCUT2D eigenvalue weighted by atomic mass is 79.9. The molecule has 0 atom stereocenters. The van der Waals surface area contributed by atoms with E-state index >= 15 is 0 Å². The summed E-state index contributed by atoms with van der Waals surface area (Å²) in [5.41, 5.74) is 0.987. The van der Waals surface area contributed by atoms with Crippen molar-refractivity contribution in [3.63, 3.8) is 0 Å². The Kier molecular flexibility index (Phi) is 3.38. The highest BCUT2D eigenvalue weighted by Gasteiger charge is 2.25. The van der Waals surface area contributed by atoms with E-state index in [0.717, 1.165) is 47.1 Å². The molecule has 21 heavy (non-hydrogen) atoms. The number of aliphatic hydroxyl groups is 1. The van der Waals surface area contributed by atoms with Crippen LogP contribution in [0.4, 0.5) is 5.95 Å². The van der Waals surface area contributed by atoms with Gasteiger partial charge in [0.25, 0.3) is 0 Å². The first-order chi connectivity index (χ1) is 10.2. The van der Waals surface area contributed by atoms with E-state index in [9.17, 15) is 5.11 Å². The van der Waals surface area contributed by atoms with Crippen LogP contribution in [0.25, 0.3) is 11.0 Å². The first-order valence-corrected chi connectivity index (χ1v) is 8.47. The quantitative estimate of drug-likeness (QED) is 0.891. The fraction of sp³-hybridized carbons (Fsp3) is 0.600. The zero-order chi connectivity index (χ0) is 14.4. The van der Waals surface area contributed by atoms with Crippen LogP contribution >= 0.6 is 15.9 Å². The summed E-state index contributed by atoms with van der Waals surface area (Å²) in [5.74, 6) is 0.729. The average Bonchev–Trinajstić information content (AvgIpc) is 3.23. The van der Waals surface area contributed by atoms with Crippen LogP contribution in [0.5, 0.6) is 0 Å². The monoisotopic (exact) mass is 350 g/mol. The number of aliphatic hydroxyl groups excluding tert-OH is 1. The van der Waals surface area contributed by atoms with Crippen molar-refractivity contribution in [3.05, 3.63) is 16.9 Å². The van der Waals surface area contributed by atoms with Gasteiger partial charge in [0.15, 0.2) is 0 Å². The second kappa shape index (κ2) is 5.25. The van der Waals surface area contributed by atoms with E-state index in [0.29, 0.717) is 12.1 Å². The van der Waals surface area contributed by atoms with Gasteiger partial charge in [-0.2, -0.15) is 4.98 Å². The third-order valence-corrected chi connectivity index (χ3v) is 5.13. The van der Waals surface area contributed by atoms with Gasteiger partial charge in [0, 0.05) is 29.0 Å². The van der Waals surface area contributed by atoms with Crippen LogP contribution < -0.4 is 5.32 Å². The number of nitrogens with one attached hydrogen (secondary N) is 1. The maximum absolute atomic E-state index is 9.69. The number of nitrogens with zero attached hydrogens (tertiary/aromatic N) is 3. The number of anilines is 1. The van der Waals surface area contributed by atoms with Crippen molar-refractivity contribution in [1.29, 1.82) is 0 Å². The minimum atomic E-state index is -0.131. The molecule has 0 spiro atoms. The van der Waals surface area contributed by atoms with Gasteiger partial charge in [0.05, 0.1) is 11.5 Å². The number of hydrogen-bond donors (Lipinski definition) is 2. The number of fused-ring (bicyclic) bond motifs is 1. The molecule has 6 heteroatoms. The van der Waals surface area contributed by atoms with Gasteiger partial charge < -0.3 is 15.0 Å². The normalized spacial score (nSPS) is 26.2. The molecule has 2 aliphatic rings. The van der Waals surface area contributed by atoms with E-state index < -0.39 is 0 Å². The van der Waals surface area contributed by atoms with E-state index in [4.69, 9.17) is 4.98 Å². The van der Waals surface area contributed by atoms with Gasteiger partial charge in [-0.05, 0) is 54.5 Å². The third kappa shape index (κ3) is 2.66. The largest absolute Gasteiger partial charge is 0.393 e. The van der Waals surface area contributed by atoms with Gasteiger partial charge in [-0.25, -0.2) is 4.98 Å². The van der Waals surface area contributed by atoms with Crippen molar-refractivity contribution in [2.75, 3.05) is 5.32 Å². The molecular weight excluding hydrogens is 332 g/mol. The molecular formula is C15H19BrN4O. The van der Waals surface area contributed by atoms with E-state index in [1.807, 2.05) is 6.20 Å². The van der Waals surface area contributed by atoms with E-state index in [-0.39, 0.29) is 6.10 Å². The molecule has 0 bridgehead atoms. The molecule has 2 fully saturated rings. The first-order valence-electron chi connectivity index (χ1n) is 7.68. The maximum atomic E-state index is 9.69. The number of rotatable bonds is 3. The Hall–Kier alpha value is -1.14. The van der Waals surface area contributed by atoms with Gasteiger partial charge >= 0.3 is 0 Å². The summed E-state index contributed by atoms with van der Waals surface area (Å²) in [4.78, 5) is 9.13. The topological polar surface area (TPSA) is 63.0 Å². The highest BCUT2D eigenvalue weighted by molar-refractivity contribution is 9.10. The molecule has 0 unspecified atom stereocenters. The average molecular weight is 351 g/mol. The summed E-state index contributed by atoms with van der Waals surface area (Å²) in [5, 5.41) is 14.1. The van der Waals surface area contributed by atoms with Crippen molar-refractivity contribution >= 4 is 32.9 Å². The lowest BCUT2D eigenvalue weighted by Gasteiger charge is -2.27. The van der Waals surface area contributed by atoms with Gasteiger partial charge in [-0.3, -0.25) is 0 Å².